The Bertz CT molecular complexity index is 1060. The topological polar surface area (TPSA) is 33.3 Å². The van der Waals surface area contributed by atoms with Crippen LogP contribution in [0.25, 0.3) is 0 Å². The summed E-state index contributed by atoms with van der Waals surface area (Å²) in [6.07, 6.45) is 5.32. The van der Waals surface area contributed by atoms with Crippen molar-refractivity contribution >= 4 is 5.91 Å². The molecule has 1 aliphatic carbocycles. The number of piperazine rings is 1. The molecule has 4 aliphatic heterocycles. The summed E-state index contributed by atoms with van der Waals surface area (Å²) in [6.45, 7) is 10.9. The Morgan fingerprint density at radius 2 is 1.40 bits per heavy atom. The molecule has 4 heterocycles. The van der Waals surface area contributed by atoms with Gasteiger partial charge in [0.25, 0.3) is 0 Å². The molecule has 2 bridgehead atoms. The number of benzene rings is 2. The molecule has 3 atom stereocenters. The molecule has 7 rings (SSSR count). The summed E-state index contributed by atoms with van der Waals surface area (Å²) in [6, 6.07) is 22.4. The van der Waals surface area contributed by atoms with Crippen LogP contribution >= 0.6 is 0 Å². The fourth-order valence-corrected chi connectivity index (χ4v) is 8.33. The number of fused-ring (bicyclic) bond motifs is 4. The summed E-state index contributed by atoms with van der Waals surface area (Å²) in [5.74, 6) is 1.71. The molecule has 1 amide bonds. The minimum Gasteiger partial charge on any atom is -0.339 e. The summed E-state index contributed by atoms with van der Waals surface area (Å²) in [4.78, 5) is 26.5. The van der Waals surface area contributed by atoms with Crippen LogP contribution in [0.3, 0.4) is 0 Å². The molecule has 0 aromatic heterocycles. The van der Waals surface area contributed by atoms with Crippen molar-refractivity contribution in [1.29, 1.82) is 0 Å². The van der Waals surface area contributed by atoms with Crippen LogP contribution in [0.1, 0.15) is 55.6 Å². The Balaban J connectivity index is 1.27. The van der Waals surface area contributed by atoms with Crippen molar-refractivity contribution in [1.82, 2.24) is 24.5 Å². The third-order valence-corrected chi connectivity index (χ3v) is 10.8. The lowest BCUT2D eigenvalue weighted by Crippen LogP contribution is -2.58. The van der Waals surface area contributed by atoms with Crippen LogP contribution in [0.4, 0.5) is 0 Å². The Hall–Kier alpha value is -2.25. The van der Waals surface area contributed by atoms with E-state index in [2.05, 4.69) is 106 Å². The van der Waals surface area contributed by atoms with Gasteiger partial charge in [-0.15, -0.1) is 0 Å². The summed E-state index contributed by atoms with van der Waals surface area (Å²) in [7, 11) is 4.30. The molecule has 216 valence electrons. The van der Waals surface area contributed by atoms with Crippen LogP contribution in [-0.2, 0) is 4.79 Å². The zero-order valence-corrected chi connectivity index (χ0v) is 24.9. The summed E-state index contributed by atoms with van der Waals surface area (Å²) < 4.78 is 0. The number of rotatable bonds is 7. The van der Waals surface area contributed by atoms with Crippen LogP contribution < -0.4 is 0 Å². The van der Waals surface area contributed by atoms with Crippen molar-refractivity contribution in [3.8, 4) is 0 Å². The maximum Gasteiger partial charge on any atom is 0.236 e. The Morgan fingerprint density at radius 3 is 1.93 bits per heavy atom. The van der Waals surface area contributed by atoms with Crippen molar-refractivity contribution in [2.45, 2.75) is 56.1 Å². The number of amides is 1. The molecule has 2 aromatic carbocycles. The van der Waals surface area contributed by atoms with E-state index in [4.69, 9.17) is 0 Å². The van der Waals surface area contributed by atoms with E-state index in [0.717, 1.165) is 52.1 Å². The Kier molecular flexibility index (Phi) is 8.32. The zero-order chi connectivity index (χ0) is 27.7. The van der Waals surface area contributed by atoms with E-state index in [-0.39, 0.29) is 5.54 Å². The quantitative estimate of drug-likeness (QED) is 0.524. The largest absolute Gasteiger partial charge is 0.339 e. The van der Waals surface area contributed by atoms with E-state index in [1.54, 1.807) is 0 Å². The van der Waals surface area contributed by atoms with Crippen LogP contribution in [-0.4, -0.2) is 115 Å². The number of hydrogen-bond donors (Lipinski definition) is 0. The van der Waals surface area contributed by atoms with E-state index >= 15 is 0 Å². The van der Waals surface area contributed by atoms with E-state index in [1.165, 1.54) is 37.1 Å². The average Bonchev–Trinajstić information content (AvgIpc) is 3.42. The van der Waals surface area contributed by atoms with Gasteiger partial charge in [-0.3, -0.25) is 24.4 Å². The highest BCUT2D eigenvalue weighted by atomic mass is 16.2. The summed E-state index contributed by atoms with van der Waals surface area (Å²) in [5.41, 5.74) is 2.95. The van der Waals surface area contributed by atoms with Gasteiger partial charge < -0.3 is 4.90 Å². The van der Waals surface area contributed by atoms with Crippen molar-refractivity contribution in [3.63, 3.8) is 0 Å². The van der Waals surface area contributed by atoms with E-state index < -0.39 is 0 Å². The van der Waals surface area contributed by atoms with Crippen molar-refractivity contribution in [2.24, 2.45) is 5.92 Å². The van der Waals surface area contributed by atoms with Crippen LogP contribution in [0, 0.1) is 5.92 Å². The van der Waals surface area contributed by atoms with Gasteiger partial charge in [-0.25, -0.2) is 0 Å². The van der Waals surface area contributed by atoms with Crippen molar-refractivity contribution in [3.05, 3.63) is 71.8 Å². The monoisotopic (exact) mass is 543 g/mol. The first-order chi connectivity index (χ1) is 19.4. The van der Waals surface area contributed by atoms with Gasteiger partial charge in [0.05, 0.1) is 12.7 Å². The highest BCUT2D eigenvalue weighted by Gasteiger charge is 2.54. The molecule has 6 nitrogen and oxygen atoms in total. The smallest absolute Gasteiger partial charge is 0.236 e. The SMILES string of the molecule is CC(N(C)C)N1CCN(CC(=O)N2CC3C(c4ccccc4)CC(N4CCCC4)(CC3c3ccccc3)C2)CC1. The second kappa shape index (κ2) is 11.9. The molecule has 5 fully saturated rings. The van der Waals surface area contributed by atoms with Crippen LogP contribution in [0.2, 0.25) is 0 Å². The fraction of sp³-hybridized carbons (Fsp3) is 0.618. The Labute approximate surface area is 241 Å². The van der Waals surface area contributed by atoms with Gasteiger partial charge in [-0.05, 0) is 88.7 Å². The maximum atomic E-state index is 14.1. The molecular weight excluding hydrogens is 494 g/mol. The first-order valence-corrected chi connectivity index (χ1v) is 15.7. The molecule has 40 heavy (non-hydrogen) atoms. The zero-order valence-electron chi connectivity index (χ0n) is 24.9. The molecule has 1 saturated carbocycles. The fourth-order valence-electron chi connectivity index (χ4n) is 8.33. The first kappa shape index (κ1) is 27.9. The van der Waals surface area contributed by atoms with Crippen molar-refractivity contribution in [2.75, 3.05) is 73.0 Å². The van der Waals surface area contributed by atoms with Gasteiger partial charge in [-0.1, -0.05) is 60.7 Å². The lowest BCUT2D eigenvalue weighted by atomic mass is 9.61. The van der Waals surface area contributed by atoms with Crippen LogP contribution in [0.5, 0.6) is 0 Å². The standard InChI is InChI=1S/C34H49N5O/c1-27(35(2)3)37-20-18-36(19-21-37)25-33(40)38-24-32-30(28-12-6-4-7-13-28)22-34(26-38,39-16-10-11-17-39)23-31(32)29-14-8-5-9-15-29/h4-9,12-15,27,30-32H,10-11,16-26H2,1-3H3. The van der Waals surface area contributed by atoms with Gasteiger partial charge >= 0.3 is 0 Å². The molecule has 4 saturated heterocycles. The van der Waals surface area contributed by atoms with Gasteiger partial charge in [0.2, 0.25) is 5.91 Å². The summed E-state index contributed by atoms with van der Waals surface area (Å²) in [5, 5.41) is 0. The highest BCUT2D eigenvalue weighted by molar-refractivity contribution is 5.78. The van der Waals surface area contributed by atoms with Crippen LogP contribution in [0.15, 0.2) is 60.7 Å². The minimum atomic E-state index is 0.0417. The molecule has 2 aromatic rings. The Morgan fingerprint density at radius 1 is 0.850 bits per heavy atom. The van der Waals surface area contributed by atoms with Gasteiger partial charge in [0.15, 0.2) is 0 Å². The highest BCUT2D eigenvalue weighted by Crippen LogP contribution is 2.55. The second-order valence-corrected chi connectivity index (χ2v) is 13.2. The molecule has 3 unspecified atom stereocenters. The van der Waals surface area contributed by atoms with E-state index in [0.29, 0.717) is 36.4 Å². The van der Waals surface area contributed by atoms with Gasteiger partial charge in [0, 0.05) is 44.8 Å². The third-order valence-electron chi connectivity index (χ3n) is 10.8. The number of carbonyl (C=O) groups is 1. The first-order valence-electron chi connectivity index (χ1n) is 15.7. The second-order valence-electron chi connectivity index (χ2n) is 13.2. The third kappa shape index (κ3) is 5.61. The van der Waals surface area contributed by atoms with Gasteiger partial charge in [-0.2, -0.15) is 0 Å². The normalized spacial score (nSPS) is 31.0. The number of carbonyl (C=O) groups excluding carboxylic acids is 1. The minimum absolute atomic E-state index is 0.0417. The molecular formula is C34H49N5O. The molecule has 0 N–H and O–H groups in total. The van der Waals surface area contributed by atoms with Gasteiger partial charge in [0.1, 0.15) is 0 Å². The average molecular weight is 544 g/mol. The molecule has 0 spiro atoms. The molecule has 0 radical (unpaired) electrons. The van der Waals surface area contributed by atoms with E-state index in [1.807, 2.05) is 0 Å². The molecule has 5 aliphatic rings. The number of hydrogen-bond acceptors (Lipinski definition) is 5. The lowest BCUT2D eigenvalue weighted by Gasteiger charge is -2.50. The predicted molar refractivity (Wildman–Crippen MR) is 162 cm³/mol. The number of nitrogens with zero attached hydrogens (tertiary/aromatic N) is 5. The lowest BCUT2D eigenvalue weighted by molar-refractivity contribution is -0.134. The maximum absolute atomic E-state index is 14.1. The number of likely N-dealkylation sites (tertiary alicyclic amines) is 1. The summed E-state index contributed by atoms with van der Waals surface area (Å²) >= 11 is 0. The van der Waals surface area contributed by atoms with E-state index in [9.17, 15) is 4.79 Å². The predicted octanol–water partition coefficient (Wildman–Crippen LogP) is 4.17. The molecule has 6 heteroatoms. The van der Waals surface area contributed by atoms with Crippen molar-refractivity contribution < 1.29 is 4.79 Å².